The second kappa shape index (κ2) is 5.82. The van der Waals surface area contributed by atoms with Gasteiger partial charge in [0.2, 0.25) is 0 Å². The van der Waals surface area contributed by atoms with E-state index in [4.69, 9.17) is 0 Å². The molecule has 1 aromatic heterocycles. The second-order valence-electron chi connectivity index (χ2n) is 7.31. The van der Waals surface area contributed by atoms with Crippen LogP contribution in [0.25, 0.3) is 10.9 Å². The maximum Gasteiger partial charge on any atom is 0.319 e. The van der Waals surface area contributed by atoms with Crippen LogP contribution < -0.4 is 4.90 Å². The highest BCUT2D eigenvalue weighted by Crippen LogP contribution is 2.45. The molecule has 2 aliphatic heterocycles. The molecule has 0 unspecified atom stereocenters. The predicted molar refractivity (Wildman–Crippen MR) is 96.0 cm³/mol. The number of para-hydroxylation sites is 1. The van der Waals surface area contributed by atoms with Crippen LogP contribution in [0.5, 0.6) is 0 Å². The Bertz CT molecular complexity index is 881. The first-order chi connectivity index (χ1) is 12.4. The third-order valence-electron chi connectivity index (χ3n) is 5.51. The lowest BCUT2D eigenvalue weighted by Gasteiger charge is -2.27. The molecule has 2 fully saturated rings. The first-order valence-electron chi connectivity index (χ1n) is 8.57. The van der Waals surface area contributed by atoms with Crippen molar-refractivity contribution in [1.82, 2.24) is 19.8 Å². The number of carbonyl (C=O) groups is 2. The van der Waals surface area contributed by atoms with Crippen LogP contribution in [0.15, 0.2) is 30.6 Å². The largest absolute Gasteiger partial charge is 0.481 e. The number of carboxylic acid groups (broad SMARTS) is 1. The highest BCUT2D eigenvalue weighted by molar-refractivity contribution is 5.90. The fraction of sp³-hybridized carbons (Fsp3) is 0.444. The van der Waals surface area contributed by atoms with Gasteiger partial charge in [-0.15, -0.1) is 0 Å². The number of fused-ring (bicyclic) bond motifs is 2. The normalized spacial score (nSPS) is 24.8. The number of hydrogen-bond acceptors (Lipinski definition) is 5. The van der Waals surface area contributed by atoms with Crippen molar-refractivity contribution in [3.05, 3.63) is 30.6 Å². The second-order valence-corrected chi connectivity index (χ2v) is 7.31. The zero-order valence-electron chi connectivity index (χ0n) is 14.8. The monoisotopic (exact) mass is 355 g/mol. The van der Waals surface area contributed by atoms with E-state index in [1.54, 1.807) is 19.0 Å². The molecule has 2 aromatic rings. The first-order valence-corrected chi connectivity index (χ1v) is 8.57. The van der Waals surface area contributed by atoms with Crippen molar-refractivity contribution in [3.8, 4) is 0 Å². The van der Waals surface area contributed by atoms with E-state index in [9.17, 15) is 14.7 Å². The van der Waals surface area contributed by atoms with Crippen molar-refractivity contribution in [2.75, 3.05) is 45.2 Å². The summed E-state index contributed by atoms with van der Waals surface area (Å²) in [5, 5.41) is 10.9. The number of aromatic nitrogens is 2. The average molecular weight is 355 g/mol. The van der Waals surface area contributed by atoms with Crippen LogP contribution in [0.1, 0.15) is 0 Å². The van der Waals surface area contributed by atoms with Crippen molar-refractivity contribution < 1.29 is 14.7 Å². The molecule has 2 atom stereocenters. The Balaban J connectivity index is 1.67. The Hall–Kier alpha value is -2.90. The van der Waals surface area contributed by atoms with E-state index in [0.717, 1.165) is 16.7 Å². The molecule has 0 spiro atoms. The summed E-state index contributed by atoms with van der Waals surface area (Å²) >= 11 is 0. The Morgan fingerprint density at radius 2 is 1.96 bits per heavy atom. The molecule has 8 heteroatoms. The molecule has 0 bridgehead atoms. The number of urea groups is 1. The first kappa shape index (κ1) is 16.6. The Labute approximate surface area is 151 Å². The number of hydrogen-bond donors (Lipinski definition) is 1. The van der Waals surface area contributed by atoms with Crippen LogP contribution in [0.3, 0.4) is 0 Å². The Morgan fingerprint density at radius 1 is 1.19 bits per heavy atom. The Morgan fingerprint density at radius 3 is 2.65 bits per heavy atom. The van der Waals surface area contributed by atoms with Gasteiger partial charge in [-0.1, -0.05) is 12.1 Å². The standard InChI is InChI=1S/C18H21N5O3/c1-21(2)17(26)23-8-12-7-22(9-18(12,10-23)16(24)25)15-13-5-3-4-6-14(13)19-11-20-15/h3-6,11-12H,7-10H2,1-2H3,(H,24,25)/t12-,18-/m0/s1. The summed E-state index contributed by atoms with van der Waals surface area (Å²) in [5.41, 5.74) is -0.124. The highest BCUT2D eigenvalue weighted by atomic mass is 16.4. The van der Waals surface area contributed by atoms with E-state index >= 15 is 0 Å². The van der Waals surface area contributed by atoms with E-state index in [-0.39, 0.29) is 18.5 Å². The van der Waals surface area contributed by atoms with E-state index in [2.05, 4.69) is 9.97 Å². The summed E-state index contributed by atoms with van der Waals surface area (Å²) in [6.07, 6.45) is 1.51. The molecule has 136 valence electrons. The van der Waals surface area contributed by atoms with Gasteiger partial charge in [-0.3, -0.25) is 4.79 Å². The number of benzene rings is 1. The number of likely N-dealkylation sites (tertiary alicyclic amines) is 1. The summed E-state index contributed by atoms with van der Waals surface area (Å²) in [6, 6.07) is 7.58. The third-order valence-corrected chi connectivity index (χ3v) is 5.51. The van der Waals surface area contributed by atoms with Gasteiger partial charge in [0.15, 0.2) is 0 Å². The van der Waals surface area contributed by atoms with Gasteiger partial charge in [-0.2, -0.15) is 0 Å². The zero-order valence-corrected chi connectivity index (χ0v) is 14.8. The van der Waals surface area contributed by atoms with Crippen LogP contribution in [0.2, 0.25) is 0 Å². The summed E-state index contributed by atoms with van der Waals surface area (Å²) in [5.74, 6) is -0.217. The molecule has 0 radical (unpaired) electrons. The molecule has 0 aliphatic carbocycles. The lowest BCUT2D eigenvalue weighted by atomic mass is 9.81. The smallest absolute Gasteiger partial charge is 0.319 e. The molecule has 4 rings (SSSR count). The van der Waals surface area contributed by atoms with Crippen LogP contribution in [0.4, 0.5) is 10.6 Å². The van der Waals surface area contributed by atoms with Crippen molar-refractivity contribution >= 4 is 28.7 Å². The number of amides is 2. The van der Waals surface area contributed by atoms with Crippen LogP contribution in [-0.2, 0) is 4.79 Å². The summed E-state index contributed by atoms with van der Waals surface area (Å²) < 4.78 is 0. The van der Waals surface area contributed by atoms with E-state index in [1.165, 1.54) is 11.2 Å². The van der Waals surface area contributed by atoms with Crippen molar-refractivity contribution in [1.29, 1.82) is 0 Å². The molecule has 2 aliphatic rings. The fourth-order valence-electron chi connectivity index (χ4n) is 4.20. The quantitative estimate of drug-likeness (QED) is 0.869. The molecular formula is C18H21N5O3. The number of carbonyl (C=O) groups excluding carboxylic acids is 1. The van der Waals surface area contributed by atoms with Gasteiger partial charge in [0.05, 0.1) is 5.52 Å². The molecule has 0 saturated carbocycles. The minimum absolute atomic E-state index is 0.127. The highest BCUT2D eigenvalue weighted by Gasteiger charge is 2.59. The van der Waals surface area contributed by atoms with Gasteiger partial charge in [-0.25, -0.2) is 14.8 Å². The maximum absolute atomic E-state index is 12.3. The topological polar surface area (TPSA) is 89.9 Å². The molecular weight excluding hydrogens is 334 g/mol. The molecule has 2 saturated heterocycles. The van der Waals surface area contributed by atoms with Gasteiger partial charge in [-0.05, 0) is 12.1 Å². The molecule has 8 nitrogen and oxygen atoms in total. The van der Waals surface area contributed by atoms with Crippen LogP contribution >= 0.6 is 0 Å². The van der Waals surface area contributed by atoms with E-state index < -0.39 is 11.4 Å². The zero-order chi connectivity index (χ0) is 18.5. The number of carboxylic acids is 1. The van der Waals surface area contributed by atoms with Gasteiger partial charge < -0.3 is 19.8 Å². The number of anilines is 1. The van der Waals surface area contributed by atoms with Gasteiger partial charge in [0.25, 0.3) is 0 Å². The van der Waals surface area contributed by atoms with Crippen molar-refractivity contribution in [2.45, 2.75) is 0 Å². The molecule has 1 aromatic carbocycles. The maximum atomic E-state index is 12.3. The number of aliphatic carboxylic acids is 1. The van der Waals surface area contributed by atoms with Gasteiger partial charge in [0, 0.05) is 51.6 Å². The van der Waals surface area contributed by atoms with E-state index in [0.29, 0.717) is 19.6 Å². The SMILES string of the molecule is CN(C)C(=O)N1C[C@@H]2CN(c3ncnc4ccccc34)C[C@]2(C(=O)O)C1. The molecule has 3 heterocycles. The third kappa shape index (κ3) is 2.36. The molecule has 1 N–H and O–H groups in total. The van der Waals surface area contributed by atoms with Crippen LogP contribution in [0, 0.1) is 11.3 Å². The lowest BCUT2D eigenvalue weighted by molar-refractivity contribution is -0.148. The minimum Gasteiger partial charge on any atom is -0.481 e. The Kier molecular flexibility index (Phi) is 3.71. The molecule has 26 heavy (non-hydrogen) atoms. The average Bonchev–Trinajstić information content (AvgIpc) is 3.16. The molecule has 2 amide bonds. The summed E-state index contributed by atoms with van der Waals surface area (Å²) in [6.45, 7) is 1.57. The van der Waals surface area contributed by atoms with Gasteiger partial charge >= 0.3 is 12.0 Å². The number of rotatable bonds is 2. The summed E-state index contributed by atoms with van der Waals surface area (Å²) in [7, 11) is 3.37. The lowest BCUT2D eigenvalue weighted by Crippen LogP contribution is -2.44. The van der Waals surface area contributed by atoms with Crippen LogP contribution in [-0.4, -0.2) is 77.1 Å². The minimum atomic E-state index is -0.961. The van der Waals surface area contributed by atoms with Crippen molar-refractivity contribution in [2.24, 2.45) is 11.3 Å². The fourth-order valence-corrected chi connectivity index (χ4v) is 4.20. The predicted octanol–water partition coefficient (Wildman–Crippen LogP) is 1.13. The number of nitrogens with zero attached hydrogens (tertiary/aromatic N) is 5. The van der Waals surface area contributed by atoms with E-state index in [1.807, 2.05) is 29.2 Å². The van der Waals surface area contributed by atoms with Crippen molar-refractivity contribution in [3.63, 3.8) is 0 Å². The van der Waals surface area contributed by atoms with Gasteiger partial charge in [0.1, 0.15) is 17.6 Å². The summed E-state index contributed by atoms with van der Waals surface area (Å²) in [4.78, 5) is 38.3.